The quantitative estimate of drug-likeness (QED) is 0.763. The molecule has 1 fully saturated rings. The topological polar surface area (TPSA) is 89.4 Å². The van der Waals surface area contributed by atoms with E-state index in [4.69, 9.17) is 11.5 Å². The number of hydrogen-bond acceptors (Lipinski definition) is 3. The smallest absolute Gasteiger partial charge is 0.237 e. The Morgan fingerprint density at radius 3 is 2.65 bits per heavy atom. The lowest BCUT2D eigenvalue weighted by Gasteiger charge is -2.25. The second-order valence-corrected chi connectivity index (χ2v) is 5.53. The second kappa shape index (κ2) is 5.94. The number of primary amides is 1. The van der Waals surface area contributed by atoms with E-state index in [-0.39, 0.29) is 18.4 Å². The summed E-state index contributed by atoms with van der Waals surface area (Å²) in [6.45, 7) is 2.24. The van der Waals surface area contributed by atoms with Crippen LogP contribution in [0, 0.1) is 11.8 Å². The second-order valence-electron chi connectivity index (χ2n) is 5.53. The number of carbonyl (C=O) groups excluding carboxylic acids is 2. The first-order chi connectivity index (χ1) is 9.47. The summed E-state index contributed by atoms with van der Waals surface area (Å²) in [7, 11) is 0. The molecule has 1 aliphatic carbocycles. The molecule has 1 unspecified atom stereocenters. The third-order valence-electron chi connectivity index (χ3n) is 3.70. The molecule has 0 heterocycles. The number of nitrogens with two attached hydrogens (primary N) is 2. The van der Waals surface area contributed by atoms with Crippen LogP contribution < -0.4 is 11.5 Å². The number of hydrogen-bond donors (Lipinski definition) is 2. The molecule has 4 N–H and O–H groups in total. The summed E-state index contributed by atoms with van der Waals surface area (Å²) >= 11 is 0. The summed E-state index contributed by atoms with van der Waals surface area (Å²) < 4.78 is 0. The normalized spacial score (nSPS) is 15.7. The van der Waals surface area contributed by atoms with Gasteiger partial charge in [-0.1, -0.05) is 19.1 Å². The minimum absolute atomic E-state index is 0.00581. The van der Waals surface area contributed by atoms with Gasteiger partial charge in [0.25, 0.3) is 0 Å². The molecular formula is C15H21N3O2. The fourth-order valence-corrected chi connectivity index (χ4v) is 2.40. The molecule has 5 nitrogen and oxygen atoms in total. The lowest BCUT2D eigenvalue weighted by atomic mass is 10.0. The van der Waals surface area contributed by atoms with Crippen LogP contribution in [0.4, 0.5) is 5.69 Å². The van der Waals surface area contributed by atoms with Crippen molar-refractivity contribution in [3.63, 3.8) is 0 Å². The Balaban J connectivity index is 2.10. The van der Waals surface area contributed by atoms with E-state index in [9.17, 15) is 9.59 Å². The first-order valence-corrected chi connectivity index (χ1v) is 6.89. The van der Waals surface area contributed by atoms with Crippen molar-refractivity contribution < 1.29 is 9.59 Å². The summed E-state index contributed by atoms with van der Waals surface area (Å²) in [6.07, 6.45) is 2.19. The maximum Gasteiger partial charge on any atom is 0.237 e. The summed E-state index contributed by atoms with van der Waals surface area (Å²) in [5.74, 6) is -0.0897. The molecule has 0 bridgehead atoms. The number of carbonyl (C=O) groups is 2. The highest BCUT2D eigenvalue weighted by molar-refractivity contribution is 5.85. The fourth-order valence-electron chi connectivity index (χ4n) is 2.40. The molecule has 1 aromatic carbocycles. The van der Waals surface area contributed by atoms with Gasteiger partial charge in [-0.25, -0.2) is 0 Å². The Hall–Kier alpha value is -2.04. The molecule has 0 aliphatic heterocycles. The molecule has 2 rings (SSSR count). The number of rotatable bonds is 6. The van der Waals surface area contributed by atoms with Crippen molar-refractivity contribution in [1.29, 1.82) is 0 Å². The summed E-state index contributed by atoms with van der Waals surface area (Å²) in [6, 6.07) is 7.32. The number of anilines is 1. The molecule has 0 aromatic heterocycles. The number of amides is 2. The fraction of sp³-hybridized carbons (Fsp3) is 0.467. The van der Waals surface area contributed by atoms with E-state index in [1.165, 1.54) is 4.90 Å². The van der Waals surface area contributed by atoms with E-state index in [1.807, 2.05) is 25.1 Å². The van der Waals surface area contributed by atoms with E-state index in [1.54, 1.807) is 6.07 Å². The highest BCUT2D eigenvalue weighted by Gasteiger charge is 2.35. The predicted molar refractivity (Wildman–Crippen MR) is 77.4 cm³/mol. The van der Waals surface area contributed by atoms with E-state index in [2.05, 4.69) is 0 Å². The molecule has 0 spiro atoms. The van der Waals surface area contributed by atoms with E-state index in [0.717, 1.165) is 18.4 Å². The molecule has 1 aromatic rings. The highest BCUT2D eigenvalue weighted by atomic mass is 16.2. The Kier molecular flexibility index (Phi) is 4.27. The third-order valence-corrected chi connectivity index (χ3v) is 3.70. The van der Waals surface area contributed by atoms with Crippen molar-refractivity contribution in [2.45, 2.75) is 26.3 Å². The predicted octanol–water partition coefficient (Wildman–Crippen LogP) is 1.13. The standard InChI is InChI=1S/C15H21N3O2/c1-10(12-5-6-12)15(20)18(9-14(17)19)8-11-3-2-4-13(16)7-11/h2-4,7,10,12H,5-6,8-9,16H2,1H3,(H2,17,19). The minimum Gasteiger partial charge on any atom is -0.399 e. The van der Waals surface area contributed by atoms with Gasteiger partial charge in [-0.3, -0.25) is 9.59 Å². The first kappa shape index (κ1) is 14.4. The maximum absolute atomic E-state index is 12.4. The van der Waals surface area contributed by atoms with Gasteiger partial charge in [-0.05, 0) is 36.5 Å². The van der Waals surface area contributed by atoms with E-state index in [0.29, 0.717) is 18.2 Å². The number of nitrogen functional groups attached to an aromatic ring is 1. The van der Waals surface area contributed by atoms with Gasteiger partial charge in [0.2, 0.25) is 11.8 Å². The summed E-state index contributed by atoms with van der Waals surface area (Å²) in [5.41, 5.74) is 12.5. The van der Waals surface area contributed by atoms with Crippen LogP contribution in [-0.4, -0.2) is 23.3 Å². The summed E-state index contributed by atoms with van der Waals surface area (Å²) in [4.78, 5) is 25.1. The molecule has 108 valence electrons. The van der Waals surface area contributed by atoms with Crippen molar-refractivity contribution in [2.75, 3.05) is 12.3 Å². The van der Waals surface area contributed by atoms with E-state index >= 15 is 0 Å². The molecule has 1 atom stereocenters. The average molecular weight is 275 g/mol. The van der Waals surface area contributed by atoms with Gasteiger partial charge in [-0.2, -0.15) is 0 Å². The highest BCUT2D eigenvalue weighted by Crippen LogP contribution is 2.37. The Labute approximate surface area is 118 Å². The molecule has 0 radical (unpaired) electrons. The van der Waals surface area contributed by atoms with Crippen LogP contribution in [-0.2, 0) is 16.1 Å². The Bertz CT molecular complexity index is 512. The van der Waals surface area contributed by atoms with Gasteiger partial charge in [-0.15, -0.1) is 0 Å². The average Bonchev–Trinajstić information content (AvgIpc) is 3.20. The first-order valence-electron chi connectivity index (χ1n) is 6.89. The Morgan fingerprint density at radius 2 is 2.10 bits per heavy atom. The van der Waals surface area contributed by atoms with Gasteiger partial charge in [0, 0.05) is 18.2 Å². The third kappa shape index (κ3) is 3.73. The van der Waals surface area contributed by atoms with Crippen LogP contribution in [0.1, 0.15) is 25.3 Å². The SMILES string of the molecule is CC(C(=O)N(CC(N)=O)Cc1cccc(N)c1)C1CC1. The minimum atomic E-state index is -0.495. The van der Waals surface area contributed by atoms with Crippen LogP contribution in [0.2, 0.25) is 0 Å². The summed E-state index contributed by atoms with van der Waals surface area (Å²) in [5, 5.41) is 0. The number of benzene rings is 1. The van der Waals surface area contributed by atoms with Crippen LogP contribution in [0.25, 0.3) is 0 Å². The van der Waals surface area contributed by atoms with Gasteiger partial charge in [0.05, 0.1) is 6.54 Å². The van der Waals surface area contributed by atoms with Gasteiger partial charge in [0.15, 0.2) is 0 Å². The lowest BCUT2D eigenvalue weighted by Crippen LogP contribution is -2.41. The molecular weight excluding hydrogens is 254 g/mol. The molecule has 20 heavy (non-hydrogen) atoms. The monoisotopic (exact) mass is 275 g/mol. The van der Waals surface area contributed by atoms with Crippen molar-refractivity contribution in [2.24, 2.45) is 17.6 Å². The van der Waals surface area contributed by atoms with E-state index < -0.39 is 5.91 Å². The Morgan fingerprint density at radius 1 is 1.40 bits per heavy atom. The molecule has 5 heteroatoms. The number of nitrogens with zero attached hydrogens (tertiary/aromatic N) is 1. The van der Waals surface area contributed by atoms with Crippen LogP contribution in [0.5, 0.6) is 0 Å². The molecule has 1 aliphatic rings. The van der Waals surface area contributed by atoms with Gasteiger partial charge < -0.3 is 16.4 Å². The van der Waals surface area contributed by atoms with Gasteiger partial charge in [0.1, 0.15) is 0 Å². The van der Waals surface area contributed by atoms with Crippen molar-refractivity contribution in [3.05, 3.63) is 29.8 Å². The van der Waals surface area contributed by atoms with Crippen LogP contribution in [0.3, 0.4) is 0 Å². The molecule has 1 saturated carbocycles. The van der Waals surface area contributed by atoms with Gasteiger partial charge >= 0.3 is 0 Å². The zero-order valence-electron chi connectivity index (χ0n) is 11.7. The van der Waals surface area contributed by atoms with Crippen LogP contribution >= 0.6 is 0 Å². The van der Waals surface area contributed by atoms with Crippen LogP contribution in [0.15, 0.2) is 24.3 Å². The lowest BCUT2D eigenvalue weighted by molar-refractivity contribution is -0.139. The molecule has 2 amide bonds. The van der Waals surface area contributed by atoms with Crippen molar-refractivity contribution in [3.8, 4) is 0 Å². The zero-order valence-corrected chi connectivity index (χ0v) is 11.7. The van der Waals surface area contributed by atoms with Crippen molar-refractivity contribution in [1.82, 2.24) is 4.90 Å². The molecule has 0 saturated heterocycles. The largest absolute Gasteiger partial charge is 0.399 e. The van der Waals surface area contributed by atoms with Crippen molar-refractivity contribution >= 4 is 17.5 Å². The maximum atomic E-state index is 12.4. The zero-order chi connectivity index (χ0) is 14.7.